The predicted octanol–water partition coefficient (Wildman–Crippen LogP) is 5.64. The van der Waals surface area contributed by atoms with Crippen LogP contribution in [0.3, 0.4) is 0 Å². The van der Waals surface area contributed by atoms with Crippen molar-refractivity contribution in [3.05, 3.63) is 64.9 Å². The van der Waals surface area contributed by atoms with Crippen LogP contribution in [0, 0.1) is 0 Å². The van der Waals surface area contributed by atoms with E-state index < -0.39 is 17.9 Å². The van der Waals surface area contributed by atoms with E-state index in [-0.39, 0.29) is 12.4 Å². The summed E-state index contributed by atoms with van der Waals surface area (Å²) >= 11 is 5.97. The summed E-state index contributed by atoms with van der Waals surface area (Å²) in [5.41, 5.74) is 0.854. The zero-order valence-corrected chi connectivity index (χ0v) is 15.8. The van der Waals surface area contributed by atoms with Crippen LogP contribution in [0.1, 0.15) is 43.6 Å². The Bertz CT molecular complexity index is 995. The maximum atomic E-state index is 13.6. The van der Waals surface area contributed by atoms with E-state index in [0.717, 1.165) is 23.0 Å². The number of rotatable bonds is 5. The molecule has 7 heteroatoms. The SMILES string of the molecule is O=C(OCc1nc2ccccc2n1C(F)F)C1(c2ccc(Cl)cc2)CCCC1. The number of para-hydroxylation sites is 2. The van der Waals surface area contributed by atoms with E-state index in [4.69, 9.17) is 16.3 Å². The Morgan fingerprint density at radius 2 is 1.82 bits per heavy atom. The number of halogens is 3. The number of carbonyl (C=O) groups is 1. The van der Waals surface area contributed by atoms with E-state index in [2.05, 4.69) is 4.98 Å². The molecule has 1 fully saturated rings. The van der Waals surface area contributed by atoms with Gasteiger partial charge in [-0.2, -0.15) is 8.78 Å². The fourth-order valence-electron chi connectivity index (χ4n) is 4.04. The van der Waals surface area contributed by atoms with Crippen LogP contribution in [0.15, 0.2) is 48.5 Å². The zero-order chi connectivity index (χ0) is 19.7. The lowest BCUT2D eigenvalue weighted by Crippen LogP contribution is -2.34. The van der Waals surface area contributed by atoms with Crippen molar-refractivity contribution in [3.8, 4) is 0 Å². The third-order valence-corrected chi connectivity index (χ3v) is 5.69. The second-order valence-corrected chi connectivity index (χ2v) is 7.47. The Morgan fingerprint density at radius 1 is 1.14 bits per heavy atom. The fraction of sp³-hybridized carbons (Fsp3) is 0.333. The molecule has 0 atom stereocenters. The summed E-state index contributed by atoms with van der Waals surface area (Å²) in [5, 5.41) is 0.593. The van der Waals surface area contributed by atoms with Gasteiger partial charge in [-0.3, -0.25) is 9.36 Å². The number of esters is 1. The summed E-state index contributed by atoms with van der Waals surface area (Å²) in [7, 11) is 0. The van der Waals surface area contributed by atoms with Gasteiger partial charge in [0.15, 0.2) is 5.82 Å². The smallest absolute Gasteiger partial charge is 0.320 e. The summed E-state index contributed by atoms with van der Waals surface area (Å²) in [6, 6.07) is 13.8. The molecule has 1 heterocycles. The van der Waals surface area contributed by atoms with Crippen molar-refractivity contribution in [2.45, 2.75) is 44.3 Å². The van der Waals surface area contributed by atoms with E-state index in [0.29, 0.717) is 28.9 Å². The molecule has 0 bridgehead atoms. The second kappa shape index (κ2) is 7.51. The van der Waals surface area contributed by atoms with Gasteiger partial charge in [0.05, 0.1) is 16.4 Å². The van der Waals surface area contributed by atoms with Crippen molar-refractivity contribution < 1.29 is 18.3 Å². The van der Waals surface area contributed by atoms with E-state index in [1.807, 2.05) is 12.1 Å². The highest BCUT2D eigenvalue weighted by Crippen LogP contribution is 2.42. The first-order valence-corrected chi connectivity index (χ1v) is 9.56. The number of fused-ring (bicyclic) bond motifs is 1. The van der Waals surface area contributed by atoms with Crippen molar-refractivity contribution >= 4 is 28.6 Å². The molecule has 3 aromatic rings. The van der Waals surface area contributed by atoms with Gasteiger partial charge in [-0.25, -0.2) is 4.98 Å². The number of nitrogens with zero attached hydrogens (tertiary/aromatic N) is 2. The quantitative estimate of drug-likeness (QED) is 0.517. The molecule has 146 valence electrons. The standard InChI is InChI=1S/C21H19ClF2N2O2/c22-15-9-7-14(8-10-15)21(11-3-4-12-21)19(27)28-13-18-25-16-5-1-2-6-17(16)26(18)20(23)24/h1-2,5-10,20H,3-4,11-13H2. The van der Waals surface area contributed by atoms with Crippen molar-refractivity contribution in [2.75, 3.05) is 0 Å². The van der Waals surface area contributed by atoms with E-state index >= 15 is 0 Å². The third kappa shape index (κ3) is 3.26. The third-order valence-electron chi connectivity index (χ3n) is 5.44. The summed E-state index contributed by atoms with van der Waals surface area (Å²) < 4.78 is 33.5. The Kier molecular flexibility index (Phi) is 5.06. The number of alkyl halides is 2. The number of ether oxygens (including phenoxy) is 1. The second-order valence-electron chi connectivity index (χ2n) is 7.04. The van der Waals surface area contributed by atoms with Crippen molar-refractivity contribution in [3.63, 3.8) is 0 Å². The molecule has 0 amide bonds. The molecule has 0 spiro atoms. The monoisotopic (exact) mass is 404 g/mol. The molecule has 0 N–H and O–H groups in total. The Balaban J connectivity index is 1.60. The summed E-state index contributed by atoms with van der Waals surface area (Å²) in [6.45, 7) is -3.06. The van der Waals surface area contributed by atoms with Crippen LogP contribution in [0.25, 0.3) is 11.0 Å². The van der Waals surface area contributed by atoms with Gasteiger partial charge in [0.1, 0.15) is 6.61 Å². The molecule has 4 rings (SSSR count). The average molecular weight is 405 g/mol. The average Bonchev–Trinajstić information content (AvgIpc) is 3.32. The number of imidazole rings is 1. The zero-order valence-electron chi connectivity index (χ0n) is 15.1. The van der Waals surface area contributed by atoms with Crippen LogP contribution in [0.2, 0.25) is 5.02 Å². The maximum Gasteiger partial charge on any atom is 0.320 e. The number of hydrogen-bond donors (Lipinski definition) is 0. The molecule has 0 unspecified atom stereocenters. The highest BCUT2D eigenvalue weighted by molar-refractivity contribution is 6.30. The first-order chi connectivity index (χ1) is 13.5. The lowest BCUT2D eigenvalue weighted by atomic mass is 9.79. The molecule has 1 aliphatic carbocycles. The van der Waals surface area contributed by atoms with E-state index in [1.165, 1.54) is 0 Å². The van der Waals surface area contributed by atoms with Crippen LogP contribution in [0.4, 0.5) is 8.78 Å². The number of hydrogen-bond acceptors (Lipinski definition) is 3. The van der Waals surface area contributed by atoms with Crippen LogP contribution in [-0.2, 0) is 21.6 Å². The Morgan fingerprint density at radius 3 is 2.50 bits per heavy atom. The molecule has 1 saturated carbocycles. The first-order valence-electron chi connectivity index (χ1n) is 9.18. The van der Waals surface area contributed by atoms with E-state index in [1.54, 1.807) is 36.4 Å². The predicted molar refractivity (Wildman–Crippen MR) is 102 cm³/mol. The largest absolute Gasteiger partial charge is 0.457 e. The summed E-state index contributed by atoms with van der Waals surface area (Å²) in [6.07, 6.45) is 3.15. The Hall–Kier alpha value is -2.47. The molecular weight excluding hydrogens is 386 g/mol. The van der Waals surface area contributed by atoms with Crippen molar-refractivity contribution in [2.24, 2.45) is 0 Å². The van der Waals surface area contributed by atoms with Gasteiger partial charge >= 0.3 is 12.5 Å². The lowest BCUT2D eigenvalue weighted by molar-refractivity contribution is -0.152. The molecule has 4 nitrogen and oxygen atoms in total. The van der Waals surface area contributed by atoms with E-state index in [9.17, 15) is 13.6 Å². The molecule has 1 aromatic heterocycles. The Labute approximate surface area is 166 Å². The van der Waals surface area contributed by atoms with Crippen LogP contribution < -0.4 is 0 Å². The van der Waals surface area contributed by atoms with Crippen LogP contribution in [0.5, 0.6) is 0 Å². The van der Waals surface area contributed by atoms with Gasteiger partial charge in [-0.1, -0.05) is 48.7 Å². The highest BCUT2D eigenvalue weighted by atomic mass is 35.5. The van der Waals surface area contributed by atoms with Gasteiger partial charge in [0, 0.05) is 5.02 Å². The number of benzene rings is 2. The molecule has 28 heavy (non-hydrogen) atoms. The van der Waals surface area contributed by atoms with Crippen LogP contribution >= 0.6 is 11.6 Å². The summed E-state index contributed by atoms with van der Waals surface area (Å²) in [5.74, 6) is -0.367. The minimum atomic E-state index is -2.77. The topological polar surface area (TPSA) is 44.1 Å². The molecule has 0 aliphatic heterocycles. The molecule has 0 saturated heterocycles. The summed E-state index contributed by atoms with van der Waals surface area (Å²) in [4.78, 5) is 17.3. The lowest BCUT2D eigenvalue weighted by Gasteiger charge is -2.27. The molecular formula is C21H19ClF2N2O2. The van der Waals surface area contributed by atoms with Gasteiger partial charge in [-0.05, 0) is 42.7 Å². The normalized spacial score (nSPS) is 16.0. The van der Waals surface area contributed by atoms with Gasteiger partial charge in [0.2, 0.25) is 0 Å². The minimum Gasteiger partial charge on any atom is -0.457 e. The maximum absolute atomic E-state index is 13.6. The van der Waals surface area contributed by atoms with Gasteiger partial charge in [0.25, 0.3) is 0 Å². The number of carbonyl (C=O) groups excluding carboxylic acids is 1. The molecule has 0 radical (unpaired) electrons. The van der Waals surface area contributed by atoms with Crippen molar-refractivity contribution in [1.29, 1.82) is 0 Å². The number of aromatic nitrogens is 2. The van der Waals surface area contributed by atoms with Gasteiger partial charge in [-0.15, -0.1) is 0 Å². The molecule has 1 aliphatic rings. The van der Waals surface area contributed by atoms with Crippen LogP contribution in [-0.4, -0.2) is 15.5 Å². The highest BCUT2D eigenvalue weighted by Gasteiger charge is 2.44. The minimum absolute atomic E-state index is 0.0359. The van der Waals surface area contributed by atoms with Crippen molar-refractivity contribution in [1.82, 2.24) is 9.55 Å². The first kappa shape index (κ1) is 18.9. The van der Waals surface area contributed by atoms with Gasteiger partial charge < -0.3 is 4.74 Å². The molecule has 2 aromatic carbocycles. The fourth-order valence-corrected chi connectivity index (χ4v) is 4.17.